The van der Waals surface area contributed by atoms with Gasteiger partial charge in [0.25, 0.3) is 11.5 Å². The minimum atomic E-state index is -0.935. The monoisotopic (exact) mass is 359 g/mol. The molecule has 0 saturated carbocycles. The molecule has 1 aromatic heterocycles. The van der Waals surface area contributed by atoms with Crippen molar-refractivity contribution in [1.82, 2.24) is 15.1 Å². The van der Waals surface area contributed by atoms with Crippen molar-refractivity contribution in [1.29, 1.82) is 0 Å². The van der Waals surface area contributed by atoms with Crippen LogP contribution in [0.5, 0.6) is 0 Å². The number of nitrogens with one attached hydrogen (secondary N) is 1. The van der Waals surface area contributed by atoms with Crippen molar-refractivity contribution in [2.75, 3.05) is 6.54 Å². The Kier molecular flexibility index (Phi) is 6.49. The number of hydrogen-bond donors (Lipinski definition) is 2. The van der Waals surface area contributed by atoms with Crippen LogP contribution in [0.1, 0.15) is 44.1 Å². The standard InChI is InChI=1S/C19H25N3O4/c1-4-7-13(19(25)26)10-20-17(23)16-14-8-5-6-9-15(14)18(24)22(21-16)11-12(2)3/h5-6,8-9,12-13H,4,7,10-11H2,1-3H3,(H,20,23)(H,25,26). The summed E-state index contributed by atoms with van der Waals surface area (Å²) in [5.41, 5.74) is -0.0956. The molecule has 1 aromatic carbocycles. The number of amides is 1. The van der Waals surface area contributed by atoms with Crippen molar-refractivity contribution in [2.45, 2.75) is 40.2 Å². The molecule has 26 heavy (non-hydrogen) atoms. The van der Waals surface area contributed by atoms with Gasteiger partial charge in [0.1, 0.15) is 0 Å². The highest BCUT2D eigenvalue weighted by Gasteiger charge is 2.21. The minimum Gasteiger partial charge on any atom is -0.481 e. The van der Waals surface area contributed by atoms with Crippen molar-refractivity contribution in [2.24, 2.45) is 11.8 Å². The highest BCUT2D eigenvalue weighted by atomic mass is 16.4. The number of carboxylic acids is 1. The molecule has 0 aliphatic carbocycles. The third kappa shape index (κ3) is 4.47. The van der Waals surface area contributed by atoms with Crippen LogP contribution in [-0.4, -0.2) is 33.3 Å². The number of carbonyl (C=O) groups is 2. The molecule has 1 heterocycles. The molecule has 0 bridgehead atoms. The number of rotatable bonds is 8. The van der Waals surface area contributed by atoms with E-state index < -0.39 is 17.8 Å². The normalized spacial score (nSPS) is 12.3. The van der Waals surface area contributed by atoms with Gasteiger partial charge in [0, 0.05) is 18.5 Å². The van der Waals surface area contributed by atoms with Gasteiger partial charge in [-0.15, -0.1) is 0 Å². The fraction of sp³-hybridized carbons (Fsp3) is 0.474. The molecule has 2 aromatic rings. The first-order chi connectivity index (χ1) is 12.3. The van der Waals surface area contributed by atoms with E-state index in [2.05, 4.69) is 10.4 Å². The largest absolute Gasteiger partial charge is 0.481 e. The molecule has 1 unspecified atom stereocenters. The van der Waals surface area contributed by atoms with Crippen LogP contribution in [0.25, 0.3) is 10.8 Å². The summed E-state index contributed by atoms with van der Waals surface area (Å²) in [6.07, 6.45) is 1.20. The molecule has 0 aliphatic rings. The molecule has 2 rings (SSSR count). The van der Waals surface area contributed by atoms with E-state index in [1.165, 1.54) is 4.68 Å². The van der Waals surface area contributed by atoms with Crippen LogP contribution < -0.4 is 10.9 Å². The van der Waals surface area contributed by atoms with Crippen LogP contribution in [0.4, 0.5) is 0 Å². The van der Waals surface area contributed by atoms with Crippen molar-refractivity contribution < 1.29 is 14.7 Å². The van der Waals surface area contributed by atoms with Gasteiger partial charge in [-0.3, -0.25) is 14.4 Å². The smallest absolute Gasteiger partial charge is 0.308 e. The van der Waals surface area contributed by atoms with E-state index in [0.29, 0.717) is 30.2 Å². The Morgan fingerprint density at radius 1 is 1.23 bits per heavy atom. The topological polar surface area (TPSA) is 101 Å². The van der Waals surface area contributed by atoms with E-state index in [9.17, 15) is 19.5 Å². The highest BCUT2D eigenvalue weighted by Crippen LogP contribution is 2.14. The van der Waals surface area contributed by atoms with Crippen LogP contribution >= 0.6 is 0 Å². The molecule has 0 saturated heterocycles. The first-order valence-electron chi connectivity index (χ1n) is 8.86. The van der Waals surface area contributed by atoms with Gasteiger partial charge < -0.3 is 10.4 Å². The van der Waals surface area contributed by atoms with E-state index in [1.54, 1.807) is 24.3 Å². The summed E-state index contributed by atoms with van der Waals surface area (Å²) in [6.45, 7) is 6.25. The summed E-state index contributed by atoms with van der Waals surface area (Å²) in [4.78, 5) is 36.5. The molecule has 0 radical (unpaired) electrons. The zero-order valence-corrected chi connectivity index (χ0v) is 15.4. The van der Waals surface area contributed by atoms with Gasteiger partial charge in [0.15, 0.2) is 5.69 Å². The zero-order chi connectivity index (χ0) is 19.3. The van der Waals surface area contributed by atoms with Crippen molar-refractivity contribution in [3.05, 3.63) is 40.3 Å². The lowest BCUT2D eigenvalue weighted by molar-refractivity contribution is -0.141. The Morgan fingerprint density at radius 3 is 2.46 bits per heavy atom. The van der Waals surface area contributed by atoms with Crippen LogP contribution in [0, 0.1) is 11.8 Å². The van der Waals surface area contributed by atoms with E-state index in [-0.39, 0.29) is 23.7 Å². The Hall–Kier alpha value is -2.70. The van der Waals surface area contributed by atoms with Crippen molar-refractivity contribution in [3.63, 3.8) is 0 Å². The number of fused-ring (bicyclic) bond motifs is 1. The maximum atomic E-state index is 12.7. The first-order valence-corrected chi connectivity index (χ1v) is 8.86. The zero-order valence-electron chi connectivity index (χ0n) is 15.4. The molecular weight excluding hydrogens is 334 g/mol. The summed E-state index contributed by atoms with van der Waals surface area (Å²) in [7, 11) is 0. The predicted octanol–water partition coefficient (Wildman–Crippen LogP) is 2.28. The Bertz CT molecular complexity index is 857. The molecule has 7 nitrogen and oxygen atoms in total. The van der Waals surface area contributed by atoms with E-state index in [1.807, 2.05) is 20.8 Å². The van der Waals surface area contributed by atoms with Gasteiger partial charge in [0.2, 0.25) is 0 Å². The van der Waals surface area contributed by atoms with Crippen LogP contribution in [0.2, 0.25) is 0 Å². The van der Waals surface area contributed by atoms with Crippen LogP contribution in [0.3, 0.4) is 0 Å². The summed E-state index contributed by atoms with van der Waals surface area (Å²) in [5, 5.41) is 17.0. The Labute approximate surface area is 152 Å². The van der Waals surface area contributed by atoms with Crippen LogP contribution in [0.15, 0.2) is 29.1 Å². The summed E-state index contributed by atoms with van der Waals surface area (Å²) < 4.78 is 1.31. The number of benzene rings is 1. The van der Waals surface area contributed by atoms with E-state index >= 15 is 0 Å². The molecular formula is C19H25N3O4. The second kappa shape index (κ2) is 8.60. The summed E-state index contributed by atoms with van der Waals surface area (Å²) >= 11 is 0. The molecule has 0 aliphatic heterocycles. The fourth-order valence-corrected chi connectivity index (χ4v) is 2.83. The van der Waals surface area contributed by atoms with Crippen LogP contribution in [-0.2, 0) is 11.3 Å². The Morgan fingerprint density at radius 2 is 1.88 bits per heavy atom. The molecule has 1 amide bonds. The fourth-order valence-electron chi connectivity index (χ4n) is 2.83. The van der Waals surface area contributed by atoms with Gasteiger partial charge in [-0.05, 0) is 18.4 Å². The maximum absolute atomic E-state index is 12.7. The van der Waals surface area contributed by atoms with Gasteiger partial charge >= 0.3 is 5.97 Å². The maximum Gasteiger partial charge on any atom is 0.308 e. The van der Waals surface area contributed by atoms with E-state index in [0.717, 1.165) is 0 Å². The predicted molar refractivity (Wildman–Crippen MR) is 99.2 cm³/mol. The lowest BCUT2D eigenvalue weighted by atomic mass is 10.0. The molecule has 7 heteroatoms. The van der Waals surface area contributed by atoms with E-state index in [4.69, 9.17) is 0 Å². The van der Waals surface area contributed by atoms with Crippen molar-refractivity contribution >= 4 is 22.6 Å². The molecule has 0 spiro atoms. The lowest BCUT2D eigenvalue weighted by Crippen LogP contribution is -2.35. The second-order valence-corrected chi connectivity index (χ2v) is 6.81. The van der Waals surface area contributed by atoms with Gasteiger partial charge in [-0.1, -0.05) is 45.4 Å². The number of aromatic nitrogens is 2. The molecule has 140 valence electrons. The number of carbonyl (C=O) groups excluding carboxylic acids is 1. The Balaban J connectivity index is 2.38. The average molecular weight is 359 g/mol. The second-order valence-electron chi connectivity index (χ2n) is 6.81. The number of carboxylic acid groups (broad SMARTS) is 1. The molecule has 2 N–H and O–H groups in total. The molecule has 1 atom stereocenters. The van der Waals surface area contributed by atoms with Gasteiger partial charge in [-0.2, -0.15) is 5.10 Å². The number of aliphatic carboxylic acids is 1. The molecule has 0 fully saturated rings. The quantitative estimate of drug-likeness (QED) is 0.753. The lowest BCUT2D eigenvalue weighted by Gasteiger charge is -2.14. The summed E-state index contributed by atoms with van der Waals surface area (Å²) in [6, 6.07) is 6.83. The number of hydrogen-bond acceptors (Lipinski definition) is 4. The number of nitrogens with zero attached hydrogens (tertiary/aromatic N) is 2. The SMILES string of the molecule is CCCC(CNC(=O)c1nn(CC(C)C)c(=O)c2ccccc12)C(=O)O. The third-order valence-corrected chi connectivity index (χ3v) is 4.12. The summed E-state index contributed by atoms with van der Waals surface area (Å²) in [5.74, 6) is -1.86. The first kappa shape index (κ1) is 19.6. The third-order valence-electron chi connectivity index (χ3n) is 4.12. The highest BCUT2D eigenvalue weighted by molar-refractivity contribution is 6.04. The van der Waals surface area contributed by atoms with Gasteiger partial charge in [-0.25, -0.2) is 4.68 Å². The van der Waals surface area contributed by atoms with Crippen molar-refractivity contribution in [3.8, 4) is 0 Å². The minimum absolute atomic E-state index is 0.0291. The average Bonchev–Trinajstić information content (AvgIpc) is 2.60. The van der Waals surface area contributed by atoms with Gasteiger partial charge in [0.05, 0.1) is 11.3 Å².